The number of aromatic nitrogens is 3. The molecular weight excluding hydrogens is 399 g/mol. The molecule has 1 amide bonds. The summed E-state index contributed by atoms with van der Waals surface area (Å²) in [4.78, 5) is 25.8. The fourth-order valence-corrected chi connectivity index (χ4v) is 3.81. The molecule has 0 radical (unpaired) electrons. The predicted molar refractivity (Wildman–Crippen MR) is 116 cm³/mol. The van der Waals surface area contributed by atoms with Crippen LogP contribution in [-0.2, 0) is 9.53 Å². The number of hydrogen-bond acceptors (Lipinski definition) is 6. The van der Waals surface area contributed by atoms with Crippen molar-refractivity contribution in [1.29, 1.82) is 0 Å². The number of fused-ring (bicyclic) bond motifs is 1. The standard InChI is InChI=1S/C22H27FN6O2/c1-31-14-2-8-27-10-12-28(13-11-27)20(30)16-25-22-21(17-3-5-18(23)6-4-17)26-19-15-24-7-9-29(19)22/h3-7,9,15,25H,2,8,10-14,16H2,1H3. The molecule has 2 aromatic heterocycles. The van der Waals surface area contributed by atoms with Crippen LogP contribution in [0.3, 0.4) is 0 Å². The summed E-state index contributed by atoms with van der Waals surface area (Å²) in [6.45, 7) is 5.09. The molecule has 4 rings (SSSR count). The minimum absolute atomic E-state index is 0.0469. The van der Waals surface area contributed by atoms with Crippen LogP contribution in [0.25, 0.3) is 16.9 Å². The maximum absolute atomic E-state index is 13.4. The Labute approximate surface area is 180 Å². The van der Waals surface area contributed by atoms with Crippen LogP contribution in [-0.4, -0.2) is 83.1 Å². The molecule has 0 bridgehead atoms. The molecule has 3 heterocycles. The molecule has 1 aliphatic heterocycles. The van der Waals surface area contributed by atoms with Crippen molar-refractivity contribution < 1.29 is 13.9 Å². The maximum atomic E-state index is 13.4. The van der Waals surface area contributed by atoms with Crippen LogP contribution in [0.5, 0.6) is 0 Å². The number of carbonyl (C=O) groups excluding carboxylic acids is 1. The molecule has 1 fully saturated rings. The molecule has 0 spiro atoms. The van der Waals surface area contributed by atoms with Crippen LogP contribution in [0.1, 0.15) is 6.42 Å². The van der Waals surface area contributed by atoms with E-state index in [1.807, 2.05) is 9.30 Å². The van der Waals surface area contributed by atoms with Crippen molar-refractivity contribution in [2.45, 2.75) is 6.42 Å². The summed E-state index contributed by atoms with van der Waals surface area (Å²) in [5, 5.41) is 3.26. The van der Waals surface area contributed by atoms with Gasteiger partial charge in [-0.15, -0.1) is 0 Å². The predicted octanol–water partition coefficient (Wildman–Crippen LogP) is 2.13. The third kappa shape index (κ3) is 5.00. The van der Waals surface area contributed by atoms with Crippen LogP contribution in [0.15, 0.2) is 42.9 Å². The summed E-state index contributed by atoms with van der Waals surface area (Å²) in [6, 6.07) is 6.16. The summed E-state index contributed by atoms with van der Waals surface area (Å²) >= 11 is 0. The van der Waals surface area contributed by atoms with Gasteiger partial charge in [-0.1, -0.05) is 0 Å². The first-order valence-electron chi connectivity index (χ1n) is 10.5. The fourth-order valence-electron chi connectivity index (χ4n) is 3.81. The third-order valence-electron chi connectivity index (χ3n) is 5.50. The average molecular weight is 426 g/mol. The second kappa shape index (κ2) is 9.84. The zero-order chi connectivity index (χ0) is 21.6. The van der Waals surface area contributed by atoms with Crippen LogP contribution >= 0.6 is 0 Å². The van der Waals surface area contributed by atoms with Crippen LogP contribution in [0.4, 0.5) is 10.2 Å². The zero-order valence-corrected chi connectivity index (χ0v) is 17.6. The number of halogens is 1. The van der Waals surface area contributed by atoms with Gasteiger partial charge in [0.05, 0.1) is 12.7 Å². The van der Waals surface area contributed by atoms with E-state index in [-0.39, 0.29) is 18.3 Å². The summed E-state index contributed by atoms with van der Waals surface area (Å²) in [7, 11) is 1.71. The smallest absolute Gasteiger partial charge is 0.242 e. The highest BCUT2D eigenvalue weighted by atomic mass is 19.1. The first kappa shape index (κ1) is 21.2. The largest absolute Gasteiger partial charge is 0.385 e. The van der Waals surface area contributed by atoms with E-state index in [9.17, 15) is 9.18 Å². The lowest BCUT2D eigenvalue weighted by molar-refractivity contribution is -0.131. The zero-order valence-electron chi connectivity index (χ0n) is 17.6. The number of benzene rings is 1. The summed E-state index contributed by atoms with van der Waals surface area (Å²) in [6.07, 6.45) is 6.12. The summed E-state index contributed by atoms with van der Waals surface area (Å²) in [5.41, 5.74) is 2.08. The Morgan fingerprint density at radius 1 is 1.19 bits per heavy atom. The number of imidazole rings is 1. The molecule has 1 N–H and O–H groups in total. The average Bonchev–Trinajstić information content (AvgIpc) is 3.17. The number of carbonyl (C=O) groups is 1. The van der Waals surface area contributed by atoms with Crippen molar-refractivity contribution in [2.24, 2.45) is 0 Å². The van der Waals surface area contributed by atoms with Crippen molar-refractivity contribution in [3.63, 3.8) is 0 Å². The lowest BCUT2D eigenvalue weighted by Gasteiger charge is -2.34. The number of anilines is 1. The van der Waals surface area contributed by atoms with E-state index < -0.39 is 0 Å². The molecule has 1 saturated heterocycles. The van der Waals surface area contributed by atoms with E-state index in [4.69, 9.17) is 4.74 Å². The van der Waals surface area contributed by atoms with E-state index in [2.05, 4.69) is 20.2 Å². The number of piperazine rings is 1. The highest BCUT2D eigenvalue weighted by Gasteiger charge is 2.22. The Morgan fingerprint density at radius 2 is 1.97 bits per heavy atom. The van der Waals surface area contributed by atoms with E-state index in [1.165, 1.54) is 12.1 Å². The topological polar surface area (TPSA) is 75.0 Å². The van der Waals surface area contributed by atoms with Gasteiger partial charge in [-0.05, 0) is 30.7 Å². The van der Waals surface area contributed by atoms with Crippen molar-refractivity contribution in [3.8, 4) is 11.3 Å². The molecule has 8 nitrogen and oxygen atoms in total. The minimum atomic E-state index is -0.305. The minimum Gasteiger partial charge on any atom is -0.385 e. The van der Waals surface area contributed by atoms with Crippen LogP contribution < -0.4 is 5.32 Å². The number of amides is 1. The van der Waals surface area contributed by atoms with E-state index in [0.29, 0.717) is 17.2 Å². The van der Waals surface area contributed by atoms with Gasteiger partial charge in [-0.3, -0.25) is 19.1 Å². The molecule has 3 aromatic rings. The monoisotopic (exact) mass is 426 g/mol. The number of rotatable bonds is 8. The Morgan fingerprint density at radius 3 is 2.71 bits per heavy atom. The number of hydrogen-bond donors (Lipinski definition) is 1. The fraction of sp³-hybridized carbons (Fsp3) is 0.409. The Kier molecular flexibility index (Phi) is 6.73. The quantitative estimate of drug-likeness (QED) is 0.557. The number of methoxy groups -OCH3 is 1. The third-order valence-corrected chi connectivity index (χ3v) is 5.50. The first-order valence-corrected chi connectivity index (χ1v) is 10.5. The van der Waals surface area contributed by atoms with E-state index >= 15 is 0 Å². The lowest BCUT2D eigenvalue weighted by Crippen LogP contribution is -2.50. The molecule has 164 valence electrons. The second-order valence-corrected chi connectivity index (χ2v) is 7.54. The SMILES string of the molecule is COCCCN1CCN(C(=O)CNc2c(-c3ccc(F)cc3)nc3cnccn23)CC1. The van der Waals surface area contributed by atoms with Gasteiger partial charge < -0.3 is 15.0 Å². The van der Waals surface area contributed by atoms with Crippen molar-refractivity contribution >= 4 is 17.4 Å². The number of nitrogens with zero attached hydrogens (tertiary/aromatic N) is 5. The highest BCUT2D eigenvalue weighted by Crippen LogP contribution is 2.28. The van der Waals surface area contributed by atoms with Gasteiger partial charge in [-0.25, -0.2) is 9.37 Å². The molecule has 0 atom stereocenters. The second-order valence-electron chi connectivity index (χ2n) is 7.54. The van der Waals surface area contributed by atoms with Crippen molar-refractivity contribution in [2.75, 3.05) is 58.3 Å². The molecule has 1 aliphatic rings. The first-order chi connectivity index (χ1) is 15.2. The normalized spacial score (nSPS) is 14.8. The van der Waals surface area contributed by atoms with Gasteiger partial charge in [0.25, 0.3) is 0 Å². The Hall–Kier alpha value is -3.04. The highest BCUT2D eigenvalue weighted by molar-refractivity contribution is 5.83. The van der Waals surface area contributed by atoms with Gasteiger partial charge in [0.1, 0.15) is 17.3 Å². The van der Waals surface area contributed by atoms with Gasteiger partial charge in [-0.2, -0.15) is 0 Å². The lowest BCUT2D eigenvalue weighted by atomic mass is 10.1. The molecule has 0 saturated carbocycles. The van der Waals surface area contributed by atoms with Crippen molar-refractivity contribution in [1.82, 2.24) is 24.2 Å². The maximum Gasteiger partial charge on any atom is 0.242 e. The van der Waals surface area contributed by atoms with Crippen LogP contribution in [0, 0.1) is 5.82 Å². The van der Waals surface area contributed by atoms with E-state index in [1.54, 1.807) is 37.8 Å². The van der Waals surface area contributed by atoms with Gasteiger partial charge >= 0.3 is 0 Å². The number of nitrogens with one attached hydrogen (secondary N) is 1. The van der Waals surface area contributed by atoms with Gasteiger partial charge in [0, 0.05) is 64.4 Å². The molecule has 0 aliphatic carbocycles. The molecule has 31 heavy (non-hydrogen) atoms. The van der Waals surface area contributed by atoms with Gasteiger partial charge in [0.15, 0.2) is 5.65 Å². The molecule has 9 heteroatoms. The van der Waals surface area contributed by atoms with Gasteiger partial charge in [0.2, 0.25) is 5.91 Å². The van der Waals surface area contributed by atoms with E-state index in [0.717, 1.165) is 51.3 Å². The van der Waals surface area contributed by atoms with Crippen LogP contribution in [0.2, 0.25) is 0 Å². The summed E-state index contributed by atoms with van der Waals surface area (Å²) < 4.78 is 20.3. The Bertz CT molecular complexity index is 1010. The molecule has 0 unspecified atom stereocenters. The Balaban J connectivity index is 1.42. The summed E-state index contributed by atoms with van der Waals surface area (Å²) in [5.74, 6) is 0.432. The molecule has 1 aromatic carbocycles. The number of ether oxygens (including phenoxy) is 1. The molecular formula is C22H27FN6O2. The van der Waals surface area contributed by atoms with Crippen molar-refractivity contribution in [3.05, 3.63) is 48.7 Å².